The molecule has 0 spiro atoms. The van der Waals surface area contributed by atoms with Gasteiger partial charge in [0.1, 0.15) is 0 Å². The first-order valence-corrected chi connectivity index (χ1v) is 10.8. The van der Waals surface area contributed by atoms with Gasteiger partial charge in [0.15, 0.2) is 0 Å². The lowest BCUT2D eigenvalue weighted by molar-refractivity contribution is -0.135. The molecule has 1 aromatic heterocycles. The average molecular weight is 404 g/mol. The van der Waals surface area contributed by atoms with Crippen LogP contribution in [0.25, 0.3) is 10.9 Å². The summed E-state index contributed by atoms with van der Waals surface area (Å²) < 4.78 is 0. The number of para-hydroxylation sites is 1. The third-order valence-corrected chi connectivity index (χ3v) is 6.09. The number of aromatic nitrogens is 1. The molecule has 1 aliphatic rings. The number of hydrogen-bond donors (Lipinski definition) is 2. The topological polar surface area (TPSA) is 65.2 Å². The van der Waals surface area contributed by atoms with Gasteiger partial charge < -0.3 is 15.2 Å². The van der Waals surface area contributed by atoms with Crippen molar-refractivity contribution in [2.45, 2.75) is 38.6 Å². The molecule has 2 aromatic carbocycles. The number of carbonyl (C=O) groups is 2. The maximum atomic E-state index is 12.8. The van der Waals surface area contributed by atoms with Gasteiger partial charge >= 0.3 is 0 Å². The van der Waals surface area contributed by atoms with Crippen LogP contribution in [-0.4, -0.2) is 34.8 Å². The maximum absolute atomic E-state index is 12.8. The summed E-state index contributed by atoms with van der Waals surface area (Å²) in [6, 6.07) is 18.1. The van der Waals surface area contributed by atoms with E-state index in [-0.39, 0.29) is 23.8 Å². The minimum atomic E-state index is -0.137. The molecule has 0 saturated carbocycles. The lowest BCUT2D eigenvalue weighted by atomic mass is 9.95. The number of rotatable bonds is 6. The predicted molar refractivity (Wildman–Crippen MR) is 119 cm³/mol. The van der Waals surface area contributed by atoms with Crippen LogP contribution in [0, 0.1) is 5.92 Å². The van der Waals surface area contributed by atoms with Crippen molar-refractivity contribution in [2.24, 2.45) is 5.92 Å². The second kappa shape index (κ2) is 9.16. The summed E-state index contributed by atoms with van der Waals surface area (Å²) in [5.41, 5.74) is 3.36. The molecule has 2 atom stereocenters. The molecule has 2 N–H and O–H groups in total. The smallest absolute Gasteiger partial charge is 0.225 e. The van der Waals surface area contributed by atoms with Crippen LogP contribution in [0.3, 0.4) is 0 Å². The molecule has 2 amide bonds. The fourth-order valence-electron chi connectivity index (χ4n) is 4.31. The Hall–Kier alpha value is -3.08. The number of hydrogen-bond acceptors (Lipinski definition) is 2. The average Bonchev–Trinajstić information content (AvgIpc) is 3.21. The van der Waals surface area contributed by atoms with Gasteiger partial charge in [-0.2, -0.15) is 0 Å². The number of benzene rings is 2. The molecule has 0 bridgehead atoms. The molecule has 1 aliphatic heterocycles. The first-order chi connectivity index (χ1) is 14.6. The van der Waals surface area contributed by atoms with E-state index in [4.69, 9.17) is 0 Å². The molecule has 2 heterocycles. The molecule has 30 heavy (non-hydrogen) atoms. The molecule has 5 nitrogen and oxygen atoms in total. The highest BCUT2D eigenvalue weighted by Crippen LogP contribution is 2.22. The van der Waals surface area contributed by atoms with Crippen molar-refractivity contribution in [3.63, 3.8) is 0 Å². The van der Waals surface area contributed by atoms with E-state index < -0.39 is 0 Å². The van der Waals surface area contributed by atoms with Gasteiger partial charge in [-0.05, 0) is 43.4 Å². The second-order valence-electron chi connectivity index (χ2n) is 8.18. The summed E-state index contributed by atoms with van der Waals surface area (Å²) in [6.07, 6.45) is 4.88. The molecule has 5 heteroatoms. The van der Waals surface area contributed by atoms with Gasteiger partial charge in [-0.15, -0.1) is 0 Å². The number of nitrogens with one attached hydrogen (secondary N) is 2. The van der Waals surface area contributed by atoms with Crippen LogP contribution < -0.4 is 5.32 Å². The van der Waals surface area contributed by atoms with E-state index in [0.29, 0.717) is 19.4 Å². The van der Waals surface area contributed by atoms with E-state index in [0.717, 1.165) is 30.5 Å². The lowest BCUT2D eigenvalue weighted by Gasteiger charge is -2.32. The first kappa shape index (κ1) is 20.2. The number of fused-ring (bicyclic) bond motifs is 1. The molecular weight excluding hydrogens is 374 g/mol. The second-order valence-corrected chi connectivity index (χ2v) is 8.18. The van der Waals surface area contributed by atoms with Crippen molar-refractivity contribution < 1.29 is 9.59 Å². The normalized spacial score (nSPS) is 17.6. The van der Waals surface area contributed by atoms with E-state index in [1.54, 1.807) is 0 Å². The zero-order valence-electron chi connectivity index (χ0n) is 17.4. The highest BCUT2D eigenvalue weighted by atomic mass is 16.2. The Labute approximate surface area is 177 Å². The summed E-state index contributed by atoms with van der Waals surface area (Å²) in [4.78, 5) is 30.8. The number of amides is 2. The Morgan fingerprint density at radius 3 is 2.73 bits per heavy atom. The van der Waals surface area contributed by atoms with Gasteiger partial charge in [-0.25, -0.2) is 0 Å². The van der Waals surface area contributed by atoms with E-state index in [2.05, 4.69) is 16.4 Å². The van der Waals surface area contributed by atoms with Gasteiger partial charge in [-0.1, -0.05) is 48.5 Å². The van der Waals surface area contributed by atoms with E-state index in [1.807, 2.05) is 66.6 Å². The van der Waals surface area contributed by atoms with Crippen LogP contribution in [0.15, 0.2) is 60.8 Å². The monoisotopic (exact) mass is 403 g/mol. The highest BCUT2D eigenvalue weighted by Gasteiger charge is 2.29. The minimum Gasteiger partial charge on any atom is -0.361 e. The number of nitrogens with zero attached hydrogens (tertiary/aromatic N) is 1. The molecule has 4 rings (SSSR count). The van der Waals surface area contributed by atoms with Crippen molar-refractivity contribution in [2.75, 3.05) is 13.1 Å². The minimum absolute atomic E-state index is 0.0355. The molecule has 1 saturated heterocycles. The number of carbonyl (C=O) groups excluding carboxylic acids is 2. The summed E-state index contributed by atoms with van der Waals surface area (Å²) in [6.45, 7) is 3.25. The van der Waals surface area contributed by atoms with Gasteiger partial charge in [0, 0.05) is 36.6 Å². The molecule has 0 unspecified atom stereocenters. The number of aryl methyl sites for hydroxylation is 1. The van der Waals surface area contributed by atoms with Gasteiger partial charge in [-0.3, -0.25) is 9.59 Å². The Bertz CT molecular complexity index is 1010. The first-order valence-electron chi connectivity index (χ1n) is 10.8. The van der Waals surface area contributed by atoms with Gasteiger partial charge in [0.25, 0.3) is 0 Å². The molecule has 1 fully saturated rings. The van der Waals surface area contributed by atoms with E-state index >= 15 is 0 Å². The Balaban J connectivity index is 1.31. The summed E-state index contributed by atoms with van der Waals surface area (Å²) in [5.74, 6) is 0.0383. The number of H-pyrrole nitrogens is 1. The largest absolute Gasteiger partial charge is 0.361 e. The fourth-order valence-corrected chi connectivity index (χ4v) is 4.31. The molecule has 0 aliphatic carbocycles. The van der Waals surface area contributed by atoms with Gasteiger partial charge in [0.05, 0.1) is 12.0 Å². The standard InChI is InChI=1S/C25H29N3O2/c1-18(19-8-3-2-4-9-19)27-25(30)21-10-7-15-28(17-21)24(29)14-13-20-16-26-23-12-6-5-11-22(20)23/h2-6,8-9,11-12,16,18,21,26H,7,10,13-15,17H2,1H3,(H,27,30)/t18-,21-/m1/s1. The fraction of sp³-hybridized carbons (Fsp3) is 0.360. The van der Waals surface area contributed by atoms with Crippen molar-refractivity contribution in [1.82, 2.24) is 15.2 Å². The van der Waals surface area contributed by atoms with E-state index in [9.17, 15) is 9.59 Å². The zero-order chi connectivity index (χ0) is 20.9. The van der Waals surface area contributed by atoms with Crippen molar-refractivity contribution >= 4 is 22.7 Å². The number of likely N-dealkylation sites (tertiary alicyclic amines) is 1. The molecule has 3 aromatic rings. The maximum Gasteiger partial charge on any atom is 0.225 e. The SMILES string of the molecule is C[C@@H](NC(=O)[C@@H]1CCCN(C(=O)CCc2c[nH]c3ccccc23)C1)c1ccccc1. The lowest BCUT2D eigenvalue weighted by Crippen LogP contribution is -2.45. The van der Waals surface area contributed by atoms with Crippen LogP contribution in [-0.2, 0) is 16.0 Å². The molecule has 0 radical (unpaired) electrons. The molecular formula is C25H29N3O2. The Morgan fingerprint density at radius 2 is 1.90 bits per heavy atom. The Kier molecular flexibility index (Phi) is 6.17. The van der Waals surface area contributed by atoms with Crippen LogP contribution in [0.2, 0.25) is 0 Å². The van der Waals surface area contributed by atoms with Crippen molar-refractivity contribution in [3.8, 4) is 0 Å². The van der Waals surface area contributed by atoms with E-state index in [1.165, 1.54) is 10.9 Å². The highest BCUT2D eigenvalue weighted by molar-refractivity contribution is 5.85. The summed E-state index contributed by atoms with van der Waals surface area (Å²) >= 11 is 0. The van der Waals surface area contributed by atoms with Crippen LogP contribution >= 0.6 is 0 Å². The predicted octanol–water partition coefficient (Wildman–Crippen LogP) is 4.22. The number of aromatic amines is 1. The quantitative estimate of drug-likeness (QED) is 0.647. The zero-order valence-corrected chi connectivity index (χ0v) is 17.4. The third kappa shape index (κ3) is 4.56. The third-order valence-electron chi connectivity index (χ3n) is 6.09. The van der Waals surface area contributed by atoms with Gasteiger partial charge in [0.2, 0.25) is 11.8 Å². The van der Waals surface area contributed by atoms with Crippen LogP contribution in [0.5, 0.6) is 0 Å². The number of piperidine rings is 1. The van der Waals surface area contributed by atoms with Crippen molar-refractivity contribution in [1.29, 1.82) is 0 Å². The van der Waals surface area contributed by atoms with Crippen LogP contribution in [0.1, 0.15) is 43.4 Å². The Morgan fingerprint density at radius 1 is 1.13 bits per heavy atom. The summed E-state index contributed by atoms with van der Waals surface area (Å²) in [5, 5.41) is 4.30. The van der Waals surface area contributed by atoms with Crippen LogP contribution in [0.4, 0.5) is 0 Å². The van der Waals surface area contributed by atoms with Crippen molar-refractivity contribution in [3.05, 3.63) is 71.9 Å². The summed E-state index contributed by atoms with van der Waals surface area (Å²) in [7, 11) is 0. The molecule has 156 valence electrons.